The first-order valence-corrected chi connectivity index (χ1v) is 16.5. The van der Waals surface area contributed by atoms with E-state index in [1.165, 1.54) is 0 Å². The molecule has 0 radical (unpaired) electrons. The molecule has 0 bridgehead atoms. The van der Waals surface area contributed by atoms with Crippen LogP contribution >= 0.6 is 0 Å². The Morgan fingerprint density at radius 2 is 0.978 bits per heavy atom. The molecule has 3 aromatic carbocycles. The molecular weight excluding hydrogens is 568 g/mol. The minimum atomic E-state index is -0.823. The zero-order chi connectivity index (χ0) is 32.5. The van der Waals surface area contributed by atoms with Crippen LogP contribution in [0.15, 0.2) is 126 Å². The Hall–Kier alpha value is -4.44. The Kier molecular flexibility index (Phi) is 13.4. The van der Waals surface area contributed by atoms with Gasteiger partial charge in [-0.2, -0.15) is 0 Å². The molecule has 1 unspecified atom stereocenters. The van der Waals surface area contributed by atoms with Gasteiger partial charge in [0.05, 0.1) is 5.41 Å². The van der Waals surface area contributed by atoms with Crippen molar-refractivity contribution in [3.05, 3.63) is 143 Å². The van der Waals surface area contributed by atoms with Crippen molar-refractivity contribution in [2.75, 3.05) is 39.3 Å². The van der Waals surface area contributed by atoms with Gasteiger partial charge in [0.15, 0.2) is 0 Å². The molecule has 1 aliphatic carbocycles. The van der Waals surface area contributed by atoms with Crippen LogP contribution in [0.25, 0.3) is 0 Å². The SMILES string of the molecule is CC(C(=O)NCCCNCCCCNCCCNC(=O)C(C)(c1ccccc1)c1ccccc1)(C1=C=C=CC=C1)c1ccccc1. The molecule has 6 nitrogen and oxygen atoms in total. The fraction of sp³-hybridized carbons (Fsp3) is 0.350. The van der Waals surface area contributed by atoms with Crippen molar-refractivity contribution in [1.82, 2.24) is 21.3 Å². The summed E-state index contributed by atoms with van der Waals surface area (Å²) in [4.78, 5) is 26.8. The second-order valence-corrected chi connectivity index (χ2v) is 12.0. The smallest absolute Gasteiger partial charge is 0.235 e. The summed E-state index contributed by atoms with van der Waals surface area (Å²) < 4.78 is 0. The maximum atomic E-state index is 13.4. The Balaban J connectivity index is 1.06. The van der Waals surface area contributed by atoms with Gasteiger partial charge in [0.2, 0.25) is 11.8 Å². The summed E-state index contributed by atoms with van der Waals surface area (Å²) in [6, 6.07) is 29.8. The lowest BCUT2D eigenvalue weighted by Gasteiger charge is -2.29. The summed E-state index contributed by atoms with van der Waals surface area (Å²) >= 11 is 0. The van der Waals surface area contributed by atoms with Crippen LogP contribution in [0.1, 0.15) is 56.2 Å². The quantitative estimate of drug-likeness (QED) is 0.102. The van der Waals surface area contributed by atoms with Gasteiger partial charge in [-0.25, -0.2) is 0 Å². The maximum absolute atomic E-state index is 13.4. The second-order valence-electron chi connectivity index (χ2n) is 12.0. The first kappa shape index (κ1) is 34.4. The molecule has 0 aromatic heterocycles. The number of amides is 2. The van der Waals surface area contributed by atoms with E-state index >= 15 is 0 Å². The Morgan fingerprint density at radius 3 is 1.41 bits per heavy atom. The molecule has 1 aliphatic rings. The average molecular weight is 617 g/mol. The average Bonchev–Trinajstić information content (AvgIpc) is 3.12. The lowest BCUT2D eigenvalue weighted by atomic mass is 9.74. The number of carbonyl (C=O) groups excluding carboxylic acids is 2. The van der Waals surface area contributed by atoms with Crippen molar-refractivity contribution in [2.45, 2.75) is 50.4 Å². The third-order valence-electron chi connectivity index (χ3n) is 8.74. The van der Waals surface area contributed by atoms with E-state index < -0.39 is 10.8 Å². The molecule has 4 rings (SSSR count). The van der Waals surface area contributed by atoms with Gasteiger partial charge in [0, 0.05) is 18.7 Å². The zero-order valence-corrected chi connectivity index (χ0v) is 27.3. The van der Waals surface area contributed by atoms with E-state index in [0.29, 0.717) is 13.1 Å². The van der Waals surface area contributed by atoms with E-state index in [0.717, 1.165) is 74.1 Å². The van der Waals surface area contributed by atoms with E-state index in [1.807, 2.05) is 117 Å². The highest BCUT2D eigenvalue weighted by atomic mass is 16.2. The highest BCUT2D eigenvalue weighted by Crippen LogP contribution is 2.34. The molecule has 4 N–H and O–H groups in total. The number of carbonyl (C=O) groups is 2. The summed E-state index contributed by atoms with van der Waals surface area (Å²) in [6.07, 6.45) is 9.52. The number of hydrogen-bond acceptors (Lipinski definition) is 4. The van der Waals surface area contributed by atoms with E-state index in [4.69, 9.17) is 0 Å². The van der Waals surface area contributed by atoms with Crippen LogP contribution in [0.4, 0.5) is 0 Å². The summed E-state index contributed by atoms with van der Waals surface area (Å²) in [5, 5.41) is 13.3. The lowest BCUT2D eigenvalue weighted by molar-refractivity contribution is -0.125. The van der Waals surface area contributed by atoms with Crippen LogP contribution in [0, 0.1) is 0 Å². The number of rotatable bonds is 19. The molecular formula is C40H48N4O2. The Morgan fingerprint density at radius 1 is 0.565 bits per heavy atom. The molecule has 0 fully saturated rings. The molecule has 240 valence electrons. The lowest BCUT2D eigenvalue weighted by Crippen LogP contribution is -2.44. The van der Waals surface area contributed by atoms with Crippen molar-refractivity contribution in [1.29, 1.82) is 0 Å². The number of hydrogen-bond donors (Lipinski definition) is 4. The predicted octanol–water partition coefficient (Wildman–Crippen LogP) is 5.73. The minimum absolute atomic E-state index is 0.0223. The van der Waals surface area contributed by atoms with Crippen LogP contribution in [0.5, 0.6) is 0 Å². The van der Waals surface area contributed by atoms with Gasteiger partial charge in [0.1, 0.15) is 5.41 Å². The minimum Gasteiger partial charge on any atom is -0.355 e. The molecule has 3 aromatic rings. The Labute approximate surface area is 274 Å². The van der Waals surface area contributed by atoms with Crippen LogP contribution < -0.4 is 21.3 Å². The number of allylic oxidation sites excluding steroid dienone is 3. The summed E-state index contributed by atoms with van der Waals surface area (Å²) in [5.41, 5.74) is 8.29. The molecule has 0 spiro atoms. The highest BCUT2D eigenvalue weighted by Gasteiger charge is 2.38. The number of unbranched alkanes of at least 4 members (excludes halogenated alkanes) is 1. The fourth-order valence-corrected chi connectivity index (χ4v) is 5.73. The first-order chi connectivity index (χ1) is 22.5. The summed E-state index contributed by atoms with van der Waals surface area (Å²) in [7, 11) is 0. The van der Waals surface area contributed by atoms with Crippen LogP contribution in [0.3, 0.4) is 0 Å². The van der Waals surface area contributed by atoms with Gasteiger partial charge in [0.25, 0.3) is 0 Å². The number of nitrogens with one attached hydrogen (secondary N) is 4. The molecule has 0 saturated heterocycles. The third-order valence-corrected chi connectivity index (χ3v) is 8.74. The molecule has 46 heavy (non-hydrogen) atoms. The zero-order valence-electron chi connectivity index (χ0n) is 27.3. The van der Waals surface area contributed by atoms with Crippen molar-refractivity contribution in [3.63, 3.8) is 0 Å². The van der Waals surface area contributed by atoms with Crippen LogP contribution in [0.2, 0.25) is 0 Å². The van der Waals surface area contributed by atoms with Crippen LogP contribution in [-0.2, 0) is 20.4 Å². The summed E-state index contributed by atoms with van der Waals surface area (Å²) in [6.45, 7) is 8.80. The van der Waals surface area contributed by atoms with Crippen molar-refractivity contribution >= 4 is 11.8 Å². The van der Waals surface area contributed by atoms with Gasteiger partial charge < -0.3 is 21.3 Å². The fourth-order valence-electron chi connectivity index (χ4n) is 5.73. The van der Waals surface area contributed by atoms with E-state index in [1.54, 1.807) is 6.08 Å². The maximum Gasteiger partial charge on any atom is 0.235 e. The highest BCUT2D eigenvalue weighted by molar-refractivity contribution is 5.92. The van der Waals surface area contributed by atoms with E-state index in [9.17, 15) is 9.59 Å². The molecule has 6 heteroatoms. The van der Waals surface area contributed by atoms with E-state index in [2.05, 4.69) is 32.7 Å². The monoisotopic (exact) mass is 616 g/mol. The molecule has 0 heterocycles. The van der Waals surface area contributed by atoms with Gasteiger partial charge in [-0.1, -0.05) is 109 Å². The molecule has 2 amide bonds. The summed E-state index contributed by atoms with van der Waals surface area (Å²) in [5.74, 6) is -0.00398. The standard InChI is InChI=1S/C40H48N4O2/c1-39(33-19-7-3-8-20-33,34-21-9-4-10-22-34)37(45)43-31-17-29-41-27-15-16-28-42-30-18-32-44-38(46)40(2,35-23-11-5-12-24-35)36-25-13-6-14-26-36/h3-13,19-25,41-42H,15-18,27-32H2,1-2H3,(H,43,45)(H,44,46). The normalized spacial score (nSPS) is 13.6. The second kappa shape index (κ2) is 17.9. The first-order valence-electron chi connectivity index (χ1n) is 16.5. The molecule has 0 aliphatic heterocycles. The van der Waals surface area contributed by atoms with Gasteiger partial charge in [-0.3, -0.25) is 9.59 Å². The number of benzene rings is 3. The third kappa shape index (κ3) is 9.06. The largest absolute Gasteiger partial charge is 0.355 e. The topological polar surface area (TPSA) is 82.3 Å². The van der Waals surface area contributed by atoms with Gasteiger partial charge in [-0.05, 0) is 94.6 Å². The molecule has 1 atom stereocenters. The Bertz CT molecular complexity index is 1480. The van der Waals surface area contributed by atoms with Crippen molar-refractivity contribution in [2.24, 2.45) is 0 Å². The van der Waals surface area contributed by atoms with Crippen LogP contribution in [-0.4, -0.2) is 51.1 Å². The van der Waals surface area contributed by atoms with E-state index in [-0.39, 0.29) is 11.8 Å². The predicted molar refractivity (Wildman–Crippen MR) is 188 cm³/mol. The van der Waals surface area contributed by atoms with Gasteiger partial charge in [-0.15, -0.1) is 0 Å². The van der Waals surface area contributed by atoms with Gasteiger partial charge >= 0.3 is 0 Å². The molecule has 0 saturated carbocycles. The van der Waals surface area contributed by atoms with Crippen molar-refractivity contribution in [3.8, 4) is 0 Å². The van der Waals surface area contributed by atoms with Crippen molar-refractivity contribution < 1.29 is 9.59 Å².